The summed E-state index contributed by atoms with van der Waals surface area (Å²) < 4.78 is 49.3. The Kier molecular flexibility index (Phi) is 5.27. The van der Waals surface area contributed by atoms with Gasteiger partial charge in [-0.2, -0.15) is 4.31 Å². The van der Waals surface area contributed by atoms with Gasteiger partial charge >= 0.3 is 0 Å². The van der Waals surface area contributed by atoms with Crippen molar-refractivity contribution >= 4 is 31.4 Å². The number of hydrogen-bond donors (Lipinski definition) is 3. The van der Waals surface area contributed by atoms with E-state index in [-0.39, 0.29) is 34.2 Å². The molecule has 1 aliphatic rings. The lowest BCUT2D eigenvalue weighted by Gasteiger charge is -2.32. The van der Waals surface area contributed by atoms with E-state index in [0.717, 1.165) is 0 Å². The lowest BCUT2D eigenvalue weighted by atomic mass is 10.1. The van der Waals surface area contributed by atoms with E-state index in [4.69, 9.17) is 10.2 Å². The summed E-state index contributed by atoms with van der Waals surface area (Å²) in [7, 11) is -7.72. The summed E-state index contributed by atoms with van der Waals surface area (Å²) in [6.07, 6.45) is 0.320. The average Bonchev–Trinajstić information content (AvgIpc) is 2.87. The van der Waals surface area contributed by atoms with E-state index in [9.17, 15) is 16.8 Å². The molecule has 0 bridgehead atoms. The molecule has 11 heteroatoms. The second-order valence-corrected chi connectivity index (χ2v) is 9.88. The summed E-state index contributed by atoms with van der Waals surface area (Å²) in [6.45, 7) is 2.76. The molecule has 0 saturated carbocycles. The van der Waals surface area contributed by atoms with Gasteiger partial charge in [-0.3, -0.25) is 0 Å². The number of rotatable bonds is 6. The zero-order valence-electron chi connectivity index (χ0n) is 12.0. The van der Waals surface area contributed by atoms with E-state index in [0.29, 0.717) is 29.9 Å². The Balaban J connectivity index is 2.52. The minimum absolute atomic E-state index is 0.00617. The van der Waals surface area contributed by atoms with Crippen molar-refractivity contribution in [2.75, 3.05) is 26.2 Å². The van der Waals surface area contributed by atoms with Crippen LogP contribution < -0.4 is 10.5 Å². The number of thiophene rings is 1. The van der Waals surface area contributed by atoms with Crippen molar-refractivity contribution in [3.63, 3.8) is 0 Å². The molecule has 126 valence electrons. The van der Waals surface area contributed by atoms with Gasteiger partial charge in [0.2, 0.25) is 10.0 Å². The highest BCUT2D eigenvalue weighted by atomic mass is 32.3. The fourth-order valence-electron chi connectivity index (χ4n) is 2.35. The number of nitrogens with one attached hydrogen (secondary N) is 1. The SMILES string of the molecule is CCN[C@H]1CN(CCCO)S(=O)(=O)c2sc(S(N)(=O)=O)cc21. The first kappa shape index (κ1) is 17.8. The monoisotopic (exact) mass is 369 g/mol. The first-order chi connectivity index (χ1) is 10.2. The molecule has 0 radical (unpaired) electrons. The third kappa shape index (κ3) is 3.35. The maximum absolute atomic E-state index is 12.6. The van der Waals surface area contributed by atoms with Crippen LogP contribution in [-0.2, 0) is 20.0 Å². The molecule has 1 aromatic rings. The van der Waals surface area contributed by atoms with Crippen LogP contribution in [0, 0.1) is 0 Å². The second-order valence-electron chi connectivity index (χ2n) is 4.90. The van der Waals surface area contributed by atoms with Crippen molar-refractivity contribution in [1.82, 2.24) is 9.62 Å². The number of sulfonamides is 2. The van der Waals surface area contributed by atoms with Gasteiger partial charge in [-0.15, -0.1) is 11.3 Å². The van der Waals surface area contributed by atoms with Crippen molar-refractivity contribution in [2.45, 2.75) is 27.8 Å². The standard InChI is InChI=1S/C11H19N3O5S3/c1-2-13-9-7-14(4-3-5-15)22(18,19)11-8(9)6-10(20-11)21(12,16)17/h6,9,13,15H,2-5,7H2,1H3,(H2,12,16,17)/t9-/m0/s1. The van der Waals surface area contributed by atoms with E-state index in [1.807, 2.05) is 6.92 Å². The Morgan fingerprint density at radius 1 is 1.55 bits per heavy atom. The predicted molar refractivity (Wildman–Crippen MR) is 82.6 cm³/mol. The van der Waals surface area contributed by atoms with Crippen LogP contribution in [0.3, 0.4) is 0 Å². The quantitative estimate of drug-likeness (QED) is 0.616. The predicted octanol–water partition coefficient (Wildman–Crippen LogP) is -0.567. The summed E-state index contributed by atoms with van der Waals surface area (Å²) in [5.74, 6) is 0. The molecule has 0 fully saturated rings. The minimum atomic E-state index is -3.95. The summed E-state index contributed by atoms with van der Waals surface area (Å²) in [5, 5.41) is 17.2. The fourth-order valence-corrected chi connectivity index (χ4v) is 6.65. The van der Waals surface area contributed by atoms with Crippen molar-refractivity contribution in [1.29, 1.82) is 0 Å². The molecule has 0 unspecified atom stereocenters. The van der Waals surface area contributed by atoms with E-state index >= 15 is 0 Å². The summed E-state index contributed by atoms with van der Waals surface area (Å²) in [4.78, 5) is 0. The molecule has 22 heavy (non-hydrogen) atoms. The van der Waals surface area contributed by atoms with Gasteiger partial charge in [0.25, 0.3) is 10.0 Å². The molecule has 0 aromatic carbocycles. The van der Waals surface area contributed by atoms with E-state index < -0.39 is 20.0 Å². The Bertz CT molecular complexity index is 741. The van der Waals surface area contributed by atoms with Crippen LogP contribution >= 0.6 is 11.3 Å². The first-order valence-corrected chi connectivity index (χ1v) is 10.5. The van der Waals surface area contributed by atoms with Crippen LogP contribution in [0.2, 0.25) is 0 Å². The topological polar surface area (TPSA) is 130 Å². The Morgan fingerprint density at radius 2 is 2.23 bits per heavy atom. The number of aliphatic hydroxyl groups is 1. The van der Waals surface area contributed by atoms with Crippen LogP contribution in [0.15, 0.2) is 14.5 Å². The normalized spacial score (nSPS) is 21.7. The van der Waals surface area contributed by atoms with Gasteiger partial charge in [0.05, 0.1) is 0 Å². The molecule has 0 saturated heterocycles. The van der Waals surface area contributed by atoms with Gasteiger partial charge in [0.1, 0.15) is 8.42 Å². The van der Waals surface area contributed by atoms with Crippen molar-refractivity contribution in [3.8, 4) is 0 Å². The summed E-state index contributed by atoms with van der Waals surface area (Å²) >= 11 is 0.671. The van der Waals surface area contributed by atoms with Crippen molar-refractivity contribution in [3.05, 3.63) is 11.6 Å². The summed E-state index contributed by atoms with van der Waals surface area (Å²) in [5.41, 5.74) is 0.441. The number of primary sulfonamides is 1. The molecular formula is C11H19N3O5S3. The van der Waals surface area contributed by atoms with Crippen molar-refractivity contribution < 1.29 is 21.9 Å². The number of likely N-dealkylation sites (N-methyl/N-ethyl adjacent to an activating group) is 1. The zero-order chi connectivity index (χ0) is 16.5. The third-order valence-corrected chi connectivity index (χ3v) is 8.30. The van der Waals surface area contributed by atoms with Gasteiger partial charge in [0.15, 0.2) is 0 Å². The average molecular weight is 369 g/mol. The van der Waals surface area contributed by atoms with Gasteiger partial charge in [0, 0.05) is 31.3 Å². The highest BCUT2D eigenvalue weighted by Gasteiger charge is 2.39. The van der Waals surface area contributed by atoms with Crippen LogP contribution in [0.25, 0.3) is 0 Å². The number of nitrogens with zero attached hydrogens (tertiary/aromatic N) is 1. The van der Waals surface area contributed by atoms with E-state index in [2.05, 4.69) is 5.32 Å². The first-order valence-electron chi connectivity index (χ1n) is 6.72. The molecule has 0 aliphatic carbocycles. The lowest BCUT2D eigenvalue weighted by molar-refractivity contribution is 0.260. The molecule has 1 aromatic heterocycles. The van der Waals surface area contributed by atoms with Crippen molar-refractivity contribution in [2.24, 2.45) is 5.14 Å². The number of nitrogens with two attached hydrogens (primary N) is 1. The van der Waals surface area contributed by atoms with E-state index in [1.54, 1.807) is 0 Å². The highest BCUT2D eigenvalue weighted by Crippen LogP contribution is 2.39. The Labute approximate surface area is 134 Å². The third-order valence-electron chi connectivity index (χ3n) is 3.33. The lowest BCUT2D eigenvalue weighted by Crippen LogP contribution is -2.43. The maximum atomic E-state index is 12.6. The van der Waals surface area contributed by atoms with Gasteiger partial charge in [-0.25, -0.2) is 22.0 Å². The van der Waals surface area contributed by atoms with Gasteiger partial charge < -0.3 is 10.4 Å². The molecule has 2 rings (SSSR count). The molecule has 0 spiro atoms. The maximum Gasteiger partial charge on any atom is 0.252 e. The molecule has 2 heterocycles. The Morgan fingerprint density at radius 3 is 2.77 bits per heavy atom. The largest absolute Gasteiger partial charge is 0.396 e. The number of hydrogen-bond acceptors (Lipinski definition) is 7. The molecule has 4 N–H and O–H groups in total. The van der Waals surface area contributed by atoms with Crippen LogP contribution in [-0.4, -0.2) is 52.5 Å². The highest BCUT2D eigenvalue weighted by molar-refractivity contribution is 7.94. The Hall–Kier alpha value is -0.560. The molecule has 1 atom stereocenters. The second kappa shape index (κ2) is 6.51. The van der Waals surface area contributed by atoms with Crippen LogP contribution in [0.4, 0.5) is 0 Å². The fraction of sp³-hybridized carbons (Fsp3) is 0.636. The smallest absolute Gasteiger partial charge is 0.252 e. The van der Waals surface area contributed by atoms with Crippen LogP contribution in [0.5, 0.6) is 0 Å². The van der Waals surface area contributed by atoms with E-state index in [1.165, 1.54) is 10.4 Å². The van der Waals surface area contributed by atoms with Crippen LogP contribution in [0.1, 0.15) is 24.9 Å². The molecular weight excluding hydrogens is 350 g/mol. The number of fused-ring (bicyclic) bond motifs is 1. The summed E-state index contributed by atoms with van der Waals surface area (Å²) in [6, 6.07) is 1.04. The van der Waals surface area contributed by atoms with Gasteiger partial charge in [-0.05, 0) is 19.0 Å². The molecule has 1 aliphatic heterocycles. The zero-order valence-corrected chi connectivity index (χ0v) is 14.5. The molecule has 8 nitrogen and oxygen atoms in total. The van der Waals surface area contributed by atoms with Gasteiger partial charge in [-0.1, -0.05) is 6.92 Å². The number of aliphatic hydroxyl groups excluding tert-OH is 1. The molecule has 0 amide bonds. The minimum Gasteiger partial charge on any atom is -0.396 e.